The zero-order valence-electron chi connectivity index (χ0n) is 15.4. The number of nitrogens with one attached hydrogen (secondary N) is 1. The second-order valence-electron chi connectivity index (χ2n) is 6.52. The van der Waals surface area contributed by atoms with E-state index in [1.807, 2.05) is 30.3 Å². The third kappa shape index (κ3) is 3.58. The molecule has 0 atom stereocenters. The zero-order chi connectivity index (χ0) is 18.6. The second kappa shape index (κ2) is 7.65. The van der Waals surface area contributed by atoms with Crippen LogP contribution in [-0.4, -0.2) is 35.4 Å². The number of ether oxygens (including phenoxy) is 2. The molecule has 0 amide bonds. The number of hydrogen-bond acceptors (Lipinski definition) is 7. The van der Waals surface area contributed by atoms with E-state index < -0.39 is 0 Å². The summed E-state index contributed by atoms with van der Waals surface area (Å²) in [7, 11) is 3.18. The first-order valence-electron chi connectivity index (χ1n) is 9.06. The van der Waals surface area contributed by atoms with Gasteiger partial charge in [-0.15, -0.1) is 0 Å². The van der Waals surface area contributed by atoms with Gasteiger partial charge in [-0.3, -0.25) is 0 Å². The molecule has 1 N–H and O–H groups in total. The zero-order valence-corrected chi connectivity index (χ0v) is 15.4. The predicted octanol–water partition coefficient (Wildman–Crippen LogP) is 4.17. The Kier molecular flexibility index (Phi) is 4.91. The van der Waals surface area contributed by atoms with Crippen LogP contribution < -0.4 is 14.8 Å². The van der Waals surface area contributed by atoms with Crippen molar-refractivity contribution in [2.45, 2.75) is 31.7 Å². The molecule has 1 saturated carbocycles. The highest BCUT2D eigenvalue weighted by Crippen LogP contribution is 2.37. The maximum absolute atomic E-state index is 5.45. The molecule has 7 nitrogen and oxygen atoms in total. The molecule has 7 heteroatoms. The van der Waals surface area contributed by atoms with Crippen LogP contribution >= 0.6 is 0 Å². The fraction of sp³-hybridized carbons (Fsp3) is 0.350. The third-order valence-electron chi connectivity index (χ3n) is 4.79. The van der Waals surface area contributed by atoms with Crippen LogP contribution in [0.15, 0.2) is 41.1 Å². The first-order valence-corrected chi connectivity index (χ1v) is 9.06. The topological polar surface area (TPSA) is 82.3 Å². The second-order valence-corrected chi connectivity index (χ2v) is 6.52. The molecule has 27 heavy (non-hydrogen) atoms. The monoisotopic (exact) mass is 366 g/mol. The number of methoxy groups -OCH3 is 2. The van der Waals surface area contributed by atoms with Crippen LogP contribution in [0.25, 0.3) is 22.8 Å². The number of nitrogens with zero attached hydrogens (tertiary/aromatic N) is 3. The molecule has 1 aromatic carbocycles. The summed E-state index contributed by atoms with van der Waals surface area (Å²) in [6.45, 7) is 0. The van der Waals surface area contributed by atoms with Gasteiger partial charge in [0.25, 0.3) is 5.89 Å². The molecular weight excluding hydrogens is 344 g/mol. The molecule has 1 aliphatic carbocycles. The summed E-state index contributed by atoms with van der Waals surface area (Å²) in [6, 6.07) is 9.96. The average Bonchev–Trinajstić information content (AvgIpc) is 3.40. The number of anilines is 1. The van der Waals surface area contributed by atoms with E-state index in [9.17, 15) is 0 Å². The standard InChI is InChI=1S/C20H22N4O3/c1-25-16-9-5-8-15(18(16)26-2)19-23-20(27-24-19)13-10-11-17(21-12-13)22-14-6-3-4-7-14/h5,8-12,14H,3-4,6-7H2,1-2H3,(H,21,22). The highest BCUT2D eigenvalue weighted by Gasteiger charge is 2.18. The molecule has 4 rings (SSSR count). The van der Waals surface area contributed by atoms with Crippen LogP contribution in [0.4, 0.5) is 5.82 Å². The number of hydrogen-bond donors (Lipinski definition) is 1. The minimum absolute atomic E-state index is 0.412. The Labute approximate surface area is 157 Å². The minimum Gasteiger partial charge on any atom is -0.493 e. The first-order chi connectivity index (χ1) is 13.3. The molecular formula is C20H22N4O3. The number of benzene rings is 1. The Morgan fingerprint density at radius 1 is 1.07 bits per heavy atom. The van der Waals surface area contributed by atoms with Gasteiger partial charge in [0, 0.05) is 12.2 Å². The smallest absolute Gasteiger partial charge is 0.259 e. The van der Waals surface area contributed by atoms with Crippen LogP contribution in [0.3, 0.4) is 0 Å². The first kappa shape index (κ1) is 17.3. The lowest BCUT2D eigenvalue weighted by Gasteiger charge is -2.12. The van der Waals surface area contributed by atoms with Gasteiger partial charge in [-0.25, -0.2) is 4.98 Å². The summed E-state index contributed by atoms with van der Waals surface area (Å²) >= 11 is 0. The van der Waals surface area contributed by atoms with Crippen molar-refractivity contribution in [1.29, 1.82) is 0 Å². The molecule has 0 unspecified atom stereocenters. The van der Waals surface area contributed by atoms with Crippen molar-refractivity contribution in [3.8, 4) is 34.3 Å². The number of aromatic nitrogens is 3. The Morgan fingerprint density at radius 3 is 2.63 bits per heavy atom. The van der Waals surface area contributed by atoms with Crippen molar-refractivity contribution >= 4 is 5.82 Å². The van der Waals surface area contributed by atoms with E-state index in [0.29, 0.717) is 34.8 Å². The lowest BCUT2D eigenvalue weighted by molar-refractivity contribution is 0.355. The summed E-state index contributed by atoms with van der Waals surface area (Å²) in [5.74, 6) is 2.91. The van der Waals surface area contributed by atoms with Crippen molar-refractivity contribution in [2.24, 2.45) is 0 Å². The summed E-state index contributed by atoms with van der Waals surface area (Å²) in [4.78, 5) is 8.97. The predicted molar refractivity (Wildman–Crippen MR) is 102 cm³/mol. The molecule has 1 aliphatic rings. The summed E-state index contributed by atoms with van der Waals surface area (Å²) in [5.41, 5.74) is 1.48. The van der Waals surface area contributed by atoms with E-state index in [1.165, 1.54) is 25.7 Å². The quantitative estimate of drug-likeness (QED) is 0.701. The molecule has 0 saturated heterocycles. The van der Waals surface area contributed by atoms with Crippen LogP contribution in [0.1, 0.15) is 25.7 Å². The van der Waals surface area contributed by atoms with Crippen molar-refractivity contribution in [2.75, 3.05) is 19.5 Å². The SMILES string of the molecule is COc1cccc(-c2noc(-c3ccc(NC4CCCC4)nc3)n2)c1OC. The molecule has 0 aliphatic heterocycles. The van der Waals surface area contributed by atoms with E-state index in [4.69, 9.17) is 14.0 Å². The largest absolute Gasteiger partial charge is 0.493 e. The van der Waals surface area contributed by atoms with Gasteiger partial charge in [0.1, 0.15) is 5.82 Å². The normalized spacial score (nSPS) is 14.3. The molecule has 1 fully saturated rings. The molecule has 2 aromatic heterocycles. The molecule has 3 aromatic rings. The maximum Gasteiger partial charge on any atom is 0.259 e. The van der Waals surface area contributed by atoms with E-state index in [-0.39, 0.29) is 0 Å². The lowest BCUT2D eigenvalue weighted by atomic mass is 10.1. The molecule has 0 spiro atoms. The molecule has 0 bridgehead atoms. The Morgan fingerprint density at radius 2 is 1.93 bits per heavy atom. The van der Waals surface area contributed by atoms with Gasteiger partial charge in [-0.2, -0.15) is 4.98 Å². The number of pyridine rings is 1. The number of rotatable bonds is 6. The lowest BCUT2D eigenvalue weighted by Crippen LogP contribution is -2.15. The van der Waals surface area contributed by atoms with Gasteiger partial charge in [0.2, 0.25) is 5.82 Å². The van der Waals surface area contributed by atoms with Gasteiger partial charge >= 0.3 is 0 Å². The van der Waals surface area contributed by atoms with Gasteiger partial charge < -0.3 is 19.3 Å². The minimum atomic E-state index is 0.412. The highest BCUT2D eigenvalue weighted by molar-refractivity contribution is 5.69. The summed E-state index contributed by atoms with van der Waals surface area (Å²) < 4.78 is 16.2. The van der Waals surface area contributed by atoms with E-state index >= 15 is 0 Å². The van der Waals surface area contributed by atoms with Gasteiger partial charge in [-0.1, -0.05) is 24.1 Å². The maximum atomic E-state index is 5.45. The summed E-state index contributed by atoms with van der Waals surface area (Å²) in [6.07, 6.45) is 6.73. The van der Waals surface area contributed by atoms with Crippen LogP contribution in [0.5, 0.6) is 11.5 Å². The van der Waals surface area contributed by atoms with Gasteiger partial charge in [0.15, 0.2) is 11.5 Å². The van der Waals surface area contributed by atoms with Crippen LogP contribution in [0.2, 0.25) is 0 Å². The fourth-order valence-corrected chi connectivity index (χ4v) is 3.40. The van der Waals surface area contributed by atoms with Gasteiger partial charge in [0.05, 0.1) is 25.3 Å². The van der Waals surface area contributed by atoms with Crippen molar-refractivity contribution < 1.29 is 14.0 Å². The number of para-hydroxylation sites is 1. The average molecular weight is 366 g/mol. The Hall–Kier alpha value is -3.09. The van der Waals surface area contributed by atoms with Crippen molar-refractivity contribution in [1.82, 2.24) is 15.1 Å². The molecule has 0 radical (unpaired) electrons. The van der Waals surface area contributed by atoms with Crippen LogP contribution in [-0.2, 0) is 0 Å². The van der Waals surface area contributed by atoms with Crippen LogP contribution in [0, 0.1) is 0 Å². The molecule has 140 valence electrons. The van der Waals surface area contributed by atoms with Crippen molar-refractivity contribution in [3.63, 3.8) is 0 Å². The van der Waals surface area contributed by atoms with E-state index in [0.717, 1.165) is 11.4 Å². The summed E-state index contributed by atoms with van der Waals surface area (Å²) in [5, 5.41) is 7.56. The van der Waals surface area contributed by atoms with Gasteiger partial charge in [-0.05, 0) is 37.1 Å². The highest BCUT2D eigenvalue weighted by atomic mass is 16.5. The Balaban J connectivity index is 1.56. The third-order valence-corrected chi connectivity index (χ3v) is 4.79. The molecule has 2 heterocycles. The van der Waals surface area contributed by atoms with E-state index in [1.54, 1.807) is 20.4 Å². The Bertz CT molecular complexity index is 902. The fourth-order valence-electron chi connectivity index (χ4n) is 3.40. The van der Waals surface area contributed by atoms with Crippen molar-refractivity contribution in [3.05, 3.63) is 36.5 Å². The van der Waals surface area contributed by atoms with E-state index in [2.05, 4.69) is 20.4 Å².